The Balaban J connectivity index is 1.77. The molecule has 2 aliphatic rings. The second-order valence-electron chi connectivity index (χ2n) is 8.60. The highest BCUT2D eigenvalue weighted by Crippen LogP contribution is 2.41. The van der Waals surface area contributed by atoms with Crippen molar-refractivity contribution in [2.45, 2.75) is 25.8 Å². The van der Waals surface area contributed by atoms with Crippen molar-refractivity contribution in [3.05, 3.63) is 64.7 Å². The van der Waals surface area contributed by atoms with Gasteiger partial charge in [0.25, 0.3) is 11.7 Å². The van der Waals surface area contributed by atoms with E-state index in [1.165, 1.54) is 0 Å². The fourth-order valence-electron chi connectivity index (χ4n) is 4.30. The summed E-state index contributed by atoms with van der Waals surface area (Å²) in [6, 6.07) is 12.3. The molecular formula is C26H30N2O5. The normalized spacial score (nSPS) is 19.4. The Morgan fingerprint density at radius 3 is 2.42 bits per heavy atom. The van der Waals surface area contributed by atoms with Crippen LogP contribution in [0.5, 0.6) is 11.5 Å². The third kappa shape index (κ3) is 4.59. The Hall–Kier alpha value is -3.32. The van der Waals surface area contributed by atoms with Gasteiger partial charge in [0.15, 0.2) is 11.5 Å². The molecule has 1 fully saturated rings. The van der Waals surface area contributed by atoms with Crippen molar-refractivity contribution in [3.63, 3.8) is 0 Å². The van der Waals surface area contributed by atoms with E-state index in [-0.39, 0.29) is 11.3 Å². The van der Waals surface area contributed by atoms with Crippen LogP contribution in [0.3, 0.4) is 0 Å². The molecule has 2 heterocycles. The number of rotatable bonds is 7. The van der Waals surface area contributed by atoms with Crippen molar-refractivity contribution < 1.29 is 24.2 Å². The second-order valence-corrected chi connectivity index (χ2v) is 8.60. The minimum atomic E-state index is -0.670. The van der Waals surface area contributed by atoms with Gasteiger partial charge in [0.05, 0.1) is 11.6 Å². The van der Waals surface area contributed by atoms with Gasteiger partial charge < -0.3 is 24.4 Å². The molecule has 1 saturated heterocycles. The molecule has 2 aromatic rings. The Kier molecular flexibility index (Phi) is 6.70. The first-order chi connectivity index (χ1) is 15.9. The second kappa shape index (κ2) is 9.67. The number of likely N-dealkylation sites (tertiary alicyclic amines) is 1. The van der Waals surface area contributed by atoms with Crippen molar-refractivity contribution in [2.75, 3.05) is 40.4 Å². The summed E-state index contributed by atoms with van der Waals surface area (Å²) >= 11 is 0. The number of aliphatic hydroxyl groups is 1. The lowest BCUT2D eigenvalue weighted by molar-refractivity contribution is -0.139. The minimum absolute atomic E-state index is 0.103. The number of hydrogen-bond acceptors (Lipinski definition) is 6. The zero-order chi connectivity index (χ0) is 23.5. The smallest absolute Gasteiger partial charge is 0.295 e. The number of benzene rings is 2. The van der Waals surface area contributed by atoms with Gasteiger partial charge in [-0.2, -0.15) is 0 Å². The molecule has 0 aliphatic carbocycles. The highest BCUT2D eigenvalue weighted by molar-refractivity contribution is 6.46. The van der Waals surface area contributed by atoms with Gasteiger partial charge in [-0.3, -0.25) is 9.59 Å². The number of carbonyl (C=O) groups excluding carboxylic acids is 2. The molecule has 0 aromatic heterocycles. The van der Waals surface area contributed by atoms with Gasteiger partial charge in [-0.25, -0.2) is 0 Å². The zero-order valence-electron chi connectivity index (χ0n) is 19.3. The SMILES string of the molecule is CCc1ccc(C2/C(=C(\O)c3ccc4c(c3)OCCO4)C(=O)C(=O)N2CCCN(C)C)cc1. The number of fused-ring (bicyclic) bond motifs is 1. The molecule has 0 radical (unpaired) electrons. The molecule has 7 heteroatoms. The van der Waals surface area contributed by atoms with Crippen LogP contribution in [-0.4, -0.2) is 67.0 Å². The van der Waals surface area contributed by atoms with Crippen LogP contribution >= 0.6 is 0 Å². The van der Waals surface area contributed by atoms with Gasteiger partial charge in [-0.15, -0.1) is 0 Å². The van der Waals surface area contributed by atoms with Gasteiger partial charge in [0.2, 0.25) is 0 Å². The number of aryl methyl sites for hydroxylation is 1. The monoisotopic (exact) mass is 450 g/mol. The first kappa shape index (κ1) is 22.9. The molecule has 7 nitrogen and oxygen atoms in total. The van der Waals surface area contributed by atoms with Gasteiger partial charge in [-0.1, -0.05) is 31.2 Å². The maximum atomic E-state index is 13.1. The lowest BCUT2D eigenvalue weighted by Gasteiger charge is -2.26. The average Bonchev–Trinajstić information content (AvgIpc) is 3.08. The van der Waals surface area contributed by atoms with Crippen molar-refractivity contribution >= 4 is 17.4 Å². The zero-order valence-corrected chi connectivity index (χ0v) is 19.3. The number of amides is 1. The molecule has 1 atom stereocenters. The van der Waals surface area contributed by atoms with Crippen LogP contribution in [-0.2, 0) is 16.0 Å². The quantitative estimate of drug-likeness (QED) is 0.396. The van der Waals surface area contributed by atoms with Crippen LogP contribution in [0.4, 0.5) is 0 Å². The summed E-state index contributed by atoms with van der Waals surface area (Å²) in [4.78, 5) is 29.8. The van der Waals surface area contributed by atoms with E-state index in [4.69, 9.17) is 9.47 Å². The molecule has 1 N–H and O–H groups in total. The van der Waals surface area contributed by atoms with E-state index in [2.05, 4.69) is 6.92 Å². The fraction of sp³-hybridized carbons (Fsp3) is 0.385. The van der Waals surface area contributed by atoms with E-state index in [9.17, 15) is 14.7 Å². The number of carbonyl (C=O) groups is 2. The summed E-state index contributed by atoms with van der Waals surface area (Å²) in [7, 11) is 3.94. The number of nitrogens with zero attached hydrogens (tertiary/aromatic N) is 2. The van der Waals surface area contributed by atoms with Crippen LogP contribution in [0.15, 0.2) is 48.0 Å². The topological polar surface area (TPSA) is 79.3 Å². The lowest BCUT2D eigenvalue weighted by atomic mass is 9.94. The first-order valence-electron chi connectivity index (χ1n) is 11.3. The van der Waals surface area contributed by atoms with E-state index in [1.807, 2.05) is 43.3 Å². The summed E-state index contributed by atoms with van der Waals surface area (Å²) in [5.41, 5.74) is 2.48. The Bertz CT molecular complexity index is 1070. The number of ether oxygens (including phenoxy) is 2. The van der Waals surface area contributed by atoms with E-state index in [1.54, 1.807) is 23.1 Å². The van der Waals surface area contributed by atoms with E-state index < -0.39 is 17.7 Å². The Labute approximate surface area is 194 Å². The van der Waals surface area contributed by atoms with Crippen LogP contribution in [0, 0.1) is 0 Å². The molecule has 0 saturated carbocycles. The molecule has 1 amide bonds. The standard InChI is InChI=1S/C26H30N2O5/c1-4-17-6-8-18(9-7-17)23-22(25(30)26(31)28(23)13-5-12-27(2)3)24(29)19-10-11-20-21(16-19)33-15-14-32-20/h6-11,16,23,29H,4-5,12-15H2,1-3H3/b24-22+. The highest BCUT2D eigenvalue weighted by atomic mass is 16.6. The number of hydrogen-bond donors (Lipinski definition) is 1. The van der Waals surface area contributed by atoms with Gasteiger partial charge in [-0.05, 0) is 62.8 Å². The summed E-state index contributed by atoms with van der Waals surface area (Å²) < 4.78 is 11.2. The molecule has 174 valence electrons. The fourth-order valence-corrected chi connectivity index (χ4v) is 4.30. The van der Waals surface area contributed by atoms with Crippen LogP contribution in [0.2, 0.25) is 0 Å². The van der Waals surface area contributed by atoms with Crippen molar-refractivity contribution in [1.29, 1.82) is 0 Å². The van der Waals surface area contributed by atoms with Crippen molar-refractivity contribution in [1.82, 2.24) is 9.80 Å². The Morgan fingerprint density at radius 2 is 1.76 bits per heavy atom. The summed E-state index contributed by atoms with van der Waals surface area (Å²) in [5, 5.41) is 11.2. The predicted octanol–water partition coefficient (Wildman–Crippen LogP) is 3.39. The molecule has 0 bridgehead atoms. The van der Waals surface area contributed by atoms with Crippen LogP contribution < -0.4 is 9.47 Å². The molecular weight excluding hydrogens is 420 g/mol. The highest BCUT2D eigenvalue weighted by Gasteiger charge is 2.45. The molecule has 2 aliphatic heterocycles. The first-order valence-corrected chi connectivity index (χ1v) is 11.3. The third-order valence-corrected chi connectivity index (χ3v) is 6.06. The number of ketones is 1. The molecule has 33 heavy (non-hydrogen) atoms. The number of aliphatic hydroxyl groups excluding tert-OH is 1. The molecule has 1 unspecified atom stereocenters. The lowest BCUT2D eigenvalue weighted by Crippen LogP contribution is -2.32. The maximum absolute atomic E-state index is 13.1. The summed E-state index contributed by atoms with van der Waals surface area (Å²) in [5.74, 6) is -0.359. The van der Waals surface area contributed by atoms with E-state index in [0.29, 0.717) is 43.2 Å². The Morgan fingerprint density at radius 1 is 1.06 bits per heavy atom. The van der Waals surface area contributed by atoms with Crippen LogP contribution in [0.25, 0.3) is 5.76 Å². The third-order valence-electron chi connectivity index (χ3n) is 6.06. The summed E-state index contributed by atoms with van der Waals surface area (Å²) in [6.45, 7) is 4.15. The van der Waals surface area contributed by atoms with E-state index in [0.717, 1.165) is 24.1 Å². The minimum Gasteiger partial charge on any atom is -0.507 e. The van der Waals surface area contributed by atoms with Crippen molar-refractivity contribution in [3.8, 4) is 11.5 Å². The molecule has 2 aromatic carbocycles. The van der Waals surface area contributed by atoms with E-state index >= 15 is 0 Å². The van der Waals surface area contributed by atoms with Gasteiger partial charge in [0, 0.05) is 12.1 Å². The largest absolute Gasteiger partial charge is 0.507 e. The van der Waals surface area contributed by atoms with Gasteiger partial charge in [0.1, 0.15) is 19.0 Å². The molecule has 4 rings (SSSR count). The van der Waals surface area contributed by atoms with Gasteiger partial charge >= 0.3 is 0 Å². The average molecular weight is 451 g/mol. The van der Waals surface area contributed by atoms with Crippen molar-refractivity contribution in [2.24, 2.45) is 0 Å². The number of Topliss-reactive ketones (excluding diaryl/α,β-unsaturated/α-hetero) is 1. The predicted molar refractivity (Wildman–Crippen MR) is 125 cm³/mol. The summed E-state index contributed by atoms with van der Waals surface area (Å²) in [6.07, 6.45) is 1.61. The molecule has 0 spiro atoms. The maximum Gasteiger partial charge on any atom is 0.295 e. The van der Waals surface area contributed by atoms with Crippen LogP contribution in [0.1, 0.15) is 36.1 Å².